The van der Waals surface area contributed by atoms with E-state index < -0.39 is 0 Å². The smallest absolute Gasteiger partial charge is 0.191 e. The summed E-state index contributed by atoms with van der Waals surface area (Å²) < 4.78 is 0. The molecule has 3 nitrogen and oxygen atoms in total. The SMILES string of the molecule is CCN=C(NC(C)C)NC1CC1c1cccc(Cl)c1.I. The van der Waals surface area contributed by atoms with Gasteiger partial charge in [0.15, 0.2) is 5.96 Å². The van der Waals surface area contributed by atoms with Crippen molar-refractivity contribution in [3.05, 3.63) is 34.9 Å². The van der Waals surface area contributed by atoms with Gasteiger partial charge in [-0.1, -0.05) is 23.7 Å². The summed E-state index contributed by atoms with van der Waals surface area (Å²) in [4.78, 5) is 4.46. The van der Waals surface area contributed by atoms with Gasteiger partial charge in [0.1, 0.15) is 0 Å². The molecular weight excluding hydrogens is 385 g/mol. The van der Waals surface area contributed by atoms with Crippen LogP contribution in [-0.4, -0.2) is 24.6 Å². The molecule has 0 heterocycles. The van der Waals surface area contributed by atoms with Gasteiger partial charge >= 0.3 is 0 Å². The van der Waals surface area contributed by atoms with Gasteiger partial charge < -0.3 is 10.6 Å². The standard InChI is InChI=1S/C15H22ClN3.HI/c1-4-17-15(18-10(2)3)19-14-9-13(14)11-6-5-7-12(16)8-11;/h5-8,10,13-14H,4,9H2,1-3H3,(H2,17,18,19);1H. The minimum absolute atomic E-state index is 0. The summed E-state index contributed by atoms with van der Waals surface area (Å²) in [6.45, 7) is 7.07. The highest BCUT2D eigenvalue weighted by Gasteiger charge is 2.39. The van der Waals surface area contributed by atoms with E-state index in [1.165, 1.54) is 5.56 Å². The summed E-state index contributed by atoms with van der Waals surface area (Å²) >= 11 is 6.03. The van der Waals surface area contributed by atoms with Gasteiger partial charge in [-0.3, -0.25) is 4.99 Å². The van der Waals surface area contributed by atoms with Crippen molar-refractivity contribution in [2.75, 3.05) is 6.54 Å². The van der Waals surface area contributed by atoms with Gasteiger partial charge in [-0.2, -0.15) is 0 Å². The topological polar surface area (TPSA) is 36.4 Å². The zero-order chi connectivity index (χ0) is 13.8. The lowest BCUT2D eigenvalue weighted by Gasteiger charge is -2.15. The van der Waals surface area contributed by atoms with Gasteiger partial charge in [-0.05, 0) is 44.9 Å². The molecule has 0 spiro atoms. The fourth-order valence-corrected chi connectivity index (χ4v) is 2.40. The predicted molar refractivity (Wildman–Crippen MR) is 97.4 cm³/mol. The van der Waals surface area contributed by atoms with E-state index in [4.69, 9.17) is 11.6 Å². The Bertz CT molecular complexity index is 462. The number of rotatable bonds is 4. The van der Waals surface area contributed by atoms with Crippen LogP contribution in [0.1, 0.15) is 38.7 Å². The minimum atomic E-state index is 0. The van der Waals surface area contributed by atoms with Gasteiger partial charge in [0, 0.05) is 29.6 Å². The Kier molecular flexibility index (Phi) is 7.09. The van der Waals surface area contributed by atoms with Crippen molar-refractivity contribution in [2.24, 2.45) is 4.99 Å². The van der Waals surface area contributed by atoms with Crippen molar-refractivity contribution in [1.82, 2.24) is 10.6 Å². The second-order valence-electron chi connectivity index (χ2n) is 5.27. The lowest BCUT2D eigenvalue weighted by molar-refractivity contribution is 0.692. The maximum Gasteiger partial charge on any atom is 0.191 e. The number of halogens is 2. The highest BCUT2D eigenvalue weighted by molar-refractivity contribution is 14.0. The number of hydrogen-bond acceptors (Lipinski definition) is 1. The second kappa shape index (κ2) is 8.08. The van der Waals surface area contributed by atoms with Crippen LogP contribution in [0.2, 0.25) is 5.02 Å². The Balaban J connectivity index is 0.00000200. The fourth-order valence-electron chi connectivity index (χ4n) is 2.20. The van der Waals surface area contributed by atoms with Gasteiger partial charge in [-0.25, -0.2) is 0 Å². The highest BCUT2D eigenvalue weighted by Crippen LogP contribution is 2.41. The van der Waals surface area contributed by atoms with Crippen molar-refractivity contribution in [2.45, 2.75) is 45.2 Å². The van der Waals surface area contributed by atoms with Crippen LogP contribution >= 0.6 is 35.6 Å². The number of guanidine groups is 1. The van der Waals surface area contributed by atoms with Gasteiger partial charge in [0.25, 0.3) is 0 Å². The van der Waals surface area contributed by atoms with E-state index in [9.17, 15) is 0 Å². The maximum absolute atomic E-state index is 6.03. The van der Waals surface area contributed by atoms with E-state index in [0.29, 0.717) is 18.0 Å². The Morgan fingerprint density at radius 2 is 2.20 bits per heavy atom. The normalized spacial score (nSPS) is 21.4. The van der Waals surface area contributed by atoms with E-state index in [1.54, 1.807) is 0 Å². The molecule has 2 unspecified atom stereocenters. The number of benzene rings is 1. The van der Waals surface area contributed by atoms with Gasteiger partial charge in [0.05, 0.1) is 0 Å². The molecule has 1 fully saturated rings. The minimum Gasteiger partial charge on any atom is -0.354 e. The van der Waals surface area contributed by atoms with Crippen LogP contribution in [0.15, 0.2) is 29.3 Å². The molecule has 2 N–H and O–H groups in total. The first-order valence-electron chi connectivity index (χ1n) is 6.93. The van der Waals surface area contributed by atoms with Crippen molar-refractivity contribution in [1.29, 1.82) is 0 Å². The first kappa shape index (κ1) is 17.6. The van der Waals surface area contributed by atoms with Crippen LogP contribution in [0.25, 0.3) is 0 Å². The molecule has 1 saturated carbocycles. The maximum atomic E-state index is 6.03. The highest BCUT2D eigenvalue weighted by atomic mass is 127. The molecule has 1 aromatic carbocycles. The second-order valence-corrected chi connectivity index (χ2v) is 5.71. The van der Waals surface area contributed by atoms with Crippen molar-refractivity contribution in [3.8, 4) is 0 Å². The van der Waals surface area contributed by atoms with Crippen LogP contribution in [0.5, 0.6) is 0 Å². The third-order valence-corrected chi connectivity index (χ3v) is 3.37. The van der Waals surface area contributed by atoms with Crippen molar-refractivity contribution >= 4 is 41.5 Å². The first-order valence-corrected chi connectivity index (χ1v) is 7.31. The molecule has 20 heavy (non-hydrogen) atoms. The van der Waals surface area contributed by atoms with Crippen LogP contribution < -0.4 is 10.6 Å². The lowest BCUT2D eigenvalue weighted by Crippen LogP contribution is -2.42. The summed E-state index contributed by atoms with van der Waals surface area (Å²) in [6, 6.07) is 8.99. The zero-order valence-electron chi connectivity index (χ0n) is 12.2. The summed E-state index contributed by atoms with van der Waals surface area (Å²) in [5.41, 5.74) is 1.31. The molecule has 1 aliphatic carbocycles. The summed E-state index contributed by atoms with van der Waals surface area (Å²) in [7, 11) is 0. The van der Waals surface area contributed by atoms with Crippen LogP contribution in [-0.2, 0) is 0 Å². The Morgan fingerprint density at radius 3 is 2.80 bits per heavy atom. The summed E-state index contributed by atoms with van der Waals surface area (Å²) in [6.07, 6.45) is 1.14. The summed E-state index contributed by atoms with van der Waals surface area (Å²) in [5.74, 6) is 1.46. The molecule has 0 saturated heterocycles. The molecule has 0 bridgehead atoms. The Hall–Kier alpha value is -0.490. The average molecular weight is 408 g/mol. The molecule has 112 valence electrons. The number of nitrogens with one attached hydrogen (secondary N) is 2. The monoisotopic (exact) mass is 407 g/mol. The van der Waals surface area contributed by atoms with Crippen LogP contribution in [0, 0.1) is 0 Å². The molecule has 1 aromatic rings. The van der Waals surface area contributed by atoms with Crippen molar-refractivity contribution in [3.63, 3.8) is 0 Å². The quantitative estimate of drug-likeness (QED) is 0.453. The Morgan fingerprint density at radius 1 is 1.45 bits per heavy atom. The van der Waals surface area contributed by atoms with Crippen molar-refractivity contribution < 1.29 is 0 Å². The fraction of sp³-hybridized carbons (Fsp3) is 0.533. The van der Waals surface area contributed by atoms with Gasteiger partial charge in [0.2, 0.25) is 0 Å². The van der Waals surface area contributed by atoms with Gasteiger partial charge in [-0.15, -0.1) is 24.0 Å². The predicted octanol–water partition coefficient (Wildman–Crippen LogP) is 3.78. The molecule has 0 radical (unpaired) electrons. The van der Waals surface area contributed by atoms with E-state index >= 15 is 0 Å². The third-order valence-electron chi connectivity index (χ3n) is 3.13. The van der Waals surface area contributed by atoms with E-state index in [1.807, 2.05) is 19.1 Å². The first-order chi connectivity index (χ1) is 9.10. The van der Waals surface area contributed by atoms with E-state index in [-0.39, 0.29) is 24.0 Å². The molecule has 0 aromatic heterocycles. The third kappa shape index (κ3) is 5.13. The molecule has 2 rings (SSSR count). The summed E-state index contributed by atoms with van der Waals surface area (Å²) in [5, 5.41) is 7.65. The molecule has 0 aliphatic heterocycles. The molecular formula is C15H23ClIN3. The zero-order valence-corrected chi connectivity index (χ0v) is 15.3. The number of nitrogens with zero attached hydrogens (tertiary/aromatic N) is 1. The molecule has 5 heteroatoms. The van der Waals surface area contributed by atoms with E-state index in [0.717, 1.165) is 23.9 Å². The molecule has 1 aliphatic rings. The Labute approximate surface area is 143 Å². The molecule has 2 atom stereocenters. The van der Waals surface area contributed by atoms with E-state index in [2.05, 4.69) is 41.6 Å². The van der Waals surface area contributed by atoms with Crippen LogP contribution in [0.4, 0.5) is 0 Å². The molecule has 0 amide bonds. The lowest BCUT2D eigenvalue weighted by atomic mass is 10.1. The van der Waals surface area contributed by atoms with Crippen LogP contribution in [0.3, 0.4) is 0 Å². The number of aliphatic imine (C=N–C) groups is 1. The number of hydrogen-bond donors (Lipinski definition) is 2. The average Bonchev–Trinajstić information content (AvgIpc) is 3.08. The largest absolute Gasteiger partial charge is 0.354 e.